The van der Waals surface area contributed by atoms with E-state index in [1.54, 1.807) is 0 Å². The Morgan fingerprint density at radius 3 is 2.89 bits per heavy atom. The highest BCUT2D eigenvalue weighted by Gasteiger charge is 2.19. The normalized spacial score (nSPS) is 20.3. The zero-order valence-corrected chi connectivity index (χ0v) is 15.7. The molecule has 0 amide bonds. The fourth-order valence-corrected chi connectivity index (χ4v) is 3.73. The van der Waals surface area contributed by atoms with Gasteiger partial charge >= 0.3 is 0 Å². The summed E-state index contributed by atoms with van der Waals surface area (Å²) in [4.78, 5) is 30.6. The highest BCUT2D eigenvalue weighted by Crippen LogP contribution is 2.14. The van der Waals surface area contributed by atoms with Crippen LogP contribution in [0.5, 0.6) is 0 Å². The van der Waals surface area contributed by atoms with Crippen molar-refractivity contribution in [2.45, 2.75) is 45.3 Å². The van der Waals surface area contributed by atoms with Gasteiger partial charge in [-0.1, -0.05) is 0 Å². The lowest BCUT2D eigenvalue weighted by Crippen LogP contribution is -2.26. The smallest absolute Gasteiger partial charge is 0.254 e. The molecular formula is C19H26N6O2. The van der Waals surface area contributed by atoms with Crippen LogP contribution < -0.4 is 10.9 Å². The lowest BCUT2D eigenvalue weighted by molar-refractivity contribution is 0.120. The van der Waals surface area contributed by atoms with Crippen molar-refractivity contribution >= 4 is 5.95 Å². The van der Waals surface area contributed by atoms with Crippen LogP contribution in [0.25, 0.3) is 0 Å². The van der Waals surface area contributed by atoms with Crippen LogP contribution in [0.1, 0.15) is 35.5 Å². The predicted molar refractivity (Wildman–Crippen MR) is 102 cm³/mol. The number of aromatic amines is 1. The molecule has 4 heterocycles. The molecule has 0 bridgehead atoms. The molecule has 2 aliphatic heterocycles. The number of hydrogen-bond donors (Lipinski definition) is 2. The average Bonchev–Trinajstić information content (AvgIpc) is 3.10. The molecule has 2 aromatic heterocycles. The van der Waals surface area contributed by atoms with Crippen molar-refractivity contribution in [1.82, 2.24) is 24.8 Å². The molecule has 2 aromatic rings. The molecule has 0 radical (unpaired) electrons. The maximum Gasteiger partial charge on any atom is 0.254 e. The Hall–Kier alpha value is -2.32. The van der Waals surface area contributed by atoms with E-state index in [-0.39, 0.29) is 11.7 Å². The van der Waals surface area contributed by atoms with Gasteiger partial charge < -0.3 is 15.0 Å². The van der Waals surface area contributed by atoms with E-state index in [0.717, 1.165) is 75.3 Å². The van der Waals surface area contributed by atoms with E-state index in [1.807, 2.05) is 19.3 Å². The van der Waals surface area contributed by atoms with Crippen molar-refractivity contribution in [3.63, 3.8) is 0 Å². The second-order valence-corrected chi connectivity index (χ2v) is 7.28. The van der Waals surface area contributed by atoms with E-state index in [0.29, 0.717) is 11.8 Å². The van der Waals surface area contributed by atoms with E-state index in [4.69, 9.17) is 4.74 Å². The SMILES string of the molecule is Cc1nc2c(c(=O)[nH]1)CCN(Cc1cnc(NC[C@@H]3CCCO3)nc1)CC2. The van der Waals surface area contributed by atoms with Gasteiger partial charge in [-0.05, 0) is 26.2 Å². The van der Waals surface area contributed by atoms with E-state index in [9.17, 15) is 4.79 Å². The van der Waals surface area contributed by atoms with Gasteiger partial charge in [0.15, 0.2) is 0 Å². The molecule has 27 heavy (non-hydrogen) atoms. The number of fused-ring (bicyclic) bond motifs is 1. The van der Waals surface area contributed by atoms with Gasteiger partial charge in [-0.3, -0.25) is 9.69 Å². The second-order valence-electron chi connectivity index (χ2n) is 7.28. The zero-order chi connectivity index (χ0) is 18.6. The minimum atomic E-state index is 0.00403. The Morgan fingerprint density at radius 2 is 2.11 bits per heavy atom. The van der Waals surface area contributed by atoms with Crippen LogP contribution in [0.3, 0.4) is 0 Å². The molecule has 1 saturated heterocycles. The van der Waals surface area contributed by atoms with E-state index >= 15 is 0 Å². The second kappa shape index (κ2) is 8.14. The summed E-state index contributed by atoms with van der Waals surface area (Å²) in [5, 5.41) is 3.24. The van der Waals surface area contributed by atoms with Crippen molar-refractivity contribution in [3.8, 4) is 0 Å². The third kappa shape index (κ3) is 4.51. The number of nitrogens with zero attached hydrogens (tertiary/aromatic N) is 4. The van der Waals surface area contributed by atoms with Gasteiger partial charge in [-0.25, -0.2) is 15.0 Å². The summed E-state index contributed by atoms with van der Waals surface area (Å²) >= 11 is 0. The lowest BCUT2D eigenvalue weighted by atomic mass is 10.1. The first-order valence-electron chi connectivity index (χ1n) is 9.65. The van der Waals surface area contributed by atoms with E-state index in [2.05, 4.69) is 30.2 Å². The molecule has 8 nitrogen and oxygen atoms in total. The van der Waals surface area contributed by atoms with E-state index < -0.39 is 0 Å². The van der Waals surface area contributed by atoms with Gasteiger partial charge in [0.05, 0.1) is 11.8 Å². The summed E-state index contributed by atoms with van der Waals surface area (Å²) in [7, 11) is 0. The largest absolute Gasteiger partial charge is 0.376 e. The summed E-state index contributed by atoms with van der Waals surface area (Å²) in [6.45, 7) is 5.92. The highest BCUT2D eigenvalue weighted by atomic mass is 16.5. The maximum atomic E-state index is 12.1. The number of hydrogen-bond acceptors (Lipinski definition) is 7. The van der Waals surface area contributed by atoms with Gasteiger partial charge in [0.2, 0.25) is 5.95 Å². The minimum absolute atomic E-state index is 0.00403. The molecule has 8 heteroatoms. The van der Waals surface area contributed by atoms with Gasteiger partial charge in [-0.2, -0.15) is 0 Å². The van der Waals surface area contributed by atoms with Crippen LogP contribution in [0.2, 0.25) is 0 Å². The number of anilines is 1. The number of H-pyrrole nitrogens is 1. The van der Waals surface area contributed by atoms with Crippen LogP contribution in [0.15, 0.2) is 17.2 Å². The maximum absolute atomic E-state index is 12.1. The fourth-order valence-electron chi connectivity index (χ4n) is 3.73. The molecule has 1 fully saturated rings. The molecule has 0 aliphatic carbocycles. The third-order valence-corrected chi connectivity index (χ3v) is 5.19. The molecule has 0 aromatic carbocycles. The first-order chi connectivity index (χ1) is 13.2. The predicted octanol–water partition coefficient (Wildman–Crippen LogP) is 1.06. The monoisotopic (exact) mass is 370 g/mol. The Kier molecular flexibility index (Phi) is 5.45. The Bertz CT molecular complexity index is 829. The fraction of sp³-hybridized carbons (Fsp3) is 0.579. The molecular weight excluding hydrogens is 344 g/mol. The Labute approximate surface area is 158 Å². The van der Waals surface area contributed by atoms with Gasteiger partial charge in [0.25, 0.3) is 5.56 Å². The summed E-state index contributed by atoms with van der Waals surface area (Å²) in [5.74, 6) is 1.33. The number of aryl methyl sites for hydroxylation is 1. The molecule has 2 aliphatic rings. The van der Waals surface area contributed by atoms with Gasteiger partial charge in [-0.15, -0.1) is 0 Å². The van der Waals surface area contributed by atoms with Crippen LogP contribution in [0, 0.1) is 6.92 Å². The minimum Gasteiger partial charge on any atom is -0.376 e. The average molecular weight is 370 g/mol. The lowest BCUT2D eigenvalue weighted by Gasteiger charge is -2.19. The number of aromatic nitrogens is 4. The summed E-state index contributed by atoms with van der Waals surface area (Å²) in [6, 6.07) is 0. The Morgan fingerprint density at radius 1 is 1.30 bits per heavy atom. The molecule has 0 saturated carbocycles. The zero-order valence-electron chi connectivity index (χ0n) is 15.7. The molecule has 144 valence electrons. The summed E-state index contributed by atoms with van der Waals surface area (Å²) < 4.78 is 5.60. The van der Waals surface area contributed by atoms with Crippen LogP contribution >= 0.6 is 0 Å². The summed E-state index contributed by atoms with van der Waals surface area (Å²) in [6.07, 6.45) is 7.76. The number of rotatable bonds is 5. The molecule has 0 unspecified atom stereocenters. The third-order valence-electron chi connectivity index (χ3n) is 5.19. The van der Waals surface area contributed by atoms with Crippen LogP contribution in [0.4, 0.5) is 5.95 Å². The number of nitrogens with one attached hydrogen (secondary N) is 2. The number of ether oxygens (including phenoxy) is 1. The summed E-state index contributed by atoms with van der Waals surface area (Å²) in [5.41, 5.74) is 2.84. The first kappa shape index (κ1) is 18.1. The van der Waals surface area contributed by atoms with Crippen molar-refractivity contribution in [1.29, 1.82) is 0 Å². The highest BCUT2D eigenvalue weighted by molar-refractivity contribution is 5.25. The van der Waals surface area contributed by atoms with Gasteiger partial charge in [0.1, 0.15) is 5.82 Å². The molecule has 2 N–H and O–H groups in total. The standard InChI is InChI=1S/C19H26N6O2/c1-13-23-17-5-7-25(6-4-16(17)18(26)24-13)12-14-9-20-19(21-10-14)22-11-15-3-2-8-27-15/h9-10,15H,2-8,11-12H2,1H3,(H,20,21,22)(H,23,24,26)/t15-/m0/s1. The van der Waals surface area contributed by atoms with Crippen molar-refractivity contribution in [2.24, 2.45) is 0 Å². The van der Waals surface area contributed by atoms with Crippen molar-refractivity contribution < 1.29 is 4.74 Å². The van der Waals surface area contributed by atoms with Gasteiger partial charge in [0, 0.05) is 62.7 Å². The van der Waals surface area contributed by atoms with Crippen molar-refractivity contribution in [3.05, 3.63) is 45.4 Å². The van der Waals surface area contributed by atoms with Crippen molar-refractivity contribution in [2.75, 3.05) is 31.6 Å². The molecule has 4 rings (SSSR count). The van der Waals surface area contributed by atoms with Crippen LogP contribution in [-0.2, 0) is 24.1 Å². The topological polar surface area (TPSA) is 96.0 Å². The Balaban J connectivity index is 1.33. The quantitative estimate of drug-likeness (QED) is 0.812. The first-order valence-corrected chi connectivity index (χ1v) is 9.65. The van der Waals surface area contributed by atoms with E-state index in [1.165, 1.54) is 0 Å². The molecule has 0 spiro atoms. The molecule has 1 atom stereocenters. The van der Waals surface area contributed by atoms with Crippen LogP contribution in [-0.4, -0.2) is 57.2 Å².